The molecule has 1 spiro atoms. The summed E-state index contributed by atoms with van der Waals surface area (Å²) < 4.78 is 49.2. The molecule has 0 unspecified atom stereocenters. The zero-order chi connectivity index (χ0) is 43.6. The van der Waals surface area contributed by atoms with Gasteiger partial charge in [-0.2, -0.15) is 0 Å². The van der Waals surface area contributed by atoms with Crippen molar-refractivity contribution in [1.82, 2.24) is 0 Å². The molecule has 0 aromatic heterocycles. The Labute approximate surface area is 352 Å². The first-order valence-corrected chi connectivity index (χ1v) is 21.8. The maximum Gasteiger partial charge on any atom is 0.201 e. The molecule has 5 aliphatic heterocycles. The lowest BCUT2D eigenvalue weighted by atomic mass is 9.51. The van der Waals surface area contributed by atoms with Crippen LogP contribution in [0.15, 0.2) is 22.8 Å². The van der Waals surface area contributed by atoms with Gasteiger partial charge in [0.1, 0.15) is 67.1 Å². The van der Waals surface area contributed by atoms with Gasteiger partial charge < -0.3 is 89.0 Å². The summed E-state index contributed by atoms with van der Waals surface area (Å²) in [6.45, 7) is 6.61. The number of hydrogen-bond acceptors (Lipinski definition) is 19. The molecule has 61 heavy (non-hydrogen) atoms. The van der Waals surface area contributed by atoms with Gasteiger partial charge >= 0.3 is 0 Å². The van der Waals surface area contributed by atoms with Gasteiger partial charge in [0, 0.05) is 35.2 Å². The quantitative estimate of drug-likeness (QED) is 0.121. The van der Waals surface area contributed by atoms with Crippen LogP contribution in [0.4, 0.5) is 0 Å². The highest BCUT2D eigenvalue weighted by molar-refractivity contribution is 6.04. The van der Waals surface area contributed by atoms with Crippen molar-refractivity contribution in [2.45, 2.75) is 176 Å². The molecule has 10 N–H and O–H groups in total. The number of rotatable bonds is 6. The molecule has 0 aromatic carbocycles. The molecule has 0 bridgehead atoms. The van der Waals surface area contributed by atoms with Gasteiger partial charge in [-0.25, -0.2) is 0 Å². The fraction of sp³-hybridized carbons (Fsp3) is 0.881. The highest BCUT2D eigenvalue weighted by atomic mass is 16.8. The van der Waals surface area contributed by atoms with Crippen LogP contribution >= 0.6 is 0 Å². The number of allylic oxidation sites excluding steroid dienone is 1. The molecule has 4 aliphatic carbocycles. The molecule has 6 fully saturated rings. The predicted molar refractivity (Wildman–Crippen MR) is 202 cm³/mol. The average molecular weight is 871 g/mol. The normalized spacial score (nSPS) is 56.1. The largest absolute Gasteiger partial charge is 0.393 e. The summed E-state index contributed by atoms with van der Waals surface area (Å²) in [5, 5.41) is 108. The summed E-state index contributed by atoms with van der Waals surface area (Å²) in [6, 6.07) is 0. The number of ketones is 1. The third-order valence-corrected chi connectivity index (χ3v) is 15.8. The van der Waals surface area contributed by atoms with E-state index in [1.807, 2.05) is 6.92 Å². The zero-order valence-electron chi connectivity index (χ0n) is 34.7. The van der Waals surface area contributed by atoms with Crippen LogP contribution in [0.2, 0.25) is 0 Å². The fourth-order valence-corrected chi connectivity index (χ4v) is 12.2. The summed E-state index contributed by atoms with van der Waals surface area (Å²) in [5.41, 5.74) is 1.85. The Bertz CT molecular complexity index is 1730. The number of hydrogen-bond donors (Lipinski definition) is 10. The van der Waals surface area contributed by atoms with Crippen LogP contribution in [0, 0.1) is 35.0 Å². The van der Waals surface area contributed by atoms with Gasteiger partial charge in [-0.3, -0.25) is 4.79 Å². The van der Waals surface area contributed by atoms with E-state index in [0.717, 1.165) is 11.1 Å². The first-order valence-electron chi connectivity index (χ1n) is 21.8. The maximum absolute atomic E-state index is 14.6. The van der Waals surface area contributed by atoms with Crippen molar-refractivity contribution >= 4 is 5.78 Å². The fourth-order valence-electron chi connectivity index (χ4n) is 12.2. The summed E-state index contributed by atoms with van der Waals surface area (Å²) in [7, 11) is 0. The highest BCUT2D eigenvalue weighted by Gasteiger charge is 2.68. The van der Waals surface area contributed by atoms with E-state index in [0.29, 0.717) is 31.3 Å². The van der Waals surface area contributed by atoms with E-state index in [4.69, 9.17) is 37.9 Å². The lowest BCUT2D eigenvalue weighted by Crippen LogP contribution is -2.65. The molecule has 1 saturated carbocycles. The lowest BCUT2D eigenvalue weighted by molar-refractivity contribution is -0.382. The molecule has 9 rings (SSSR count). The first kappa shape index (κ1) is 44.6. The molecule has 9 aliphatic rings. The van der Waals surface area contributed by atoms with E-state index in [9.17, 15) is 55.9 Å². The Morgan fingerprint density at radius 2 is 1.44 bits per heavy atom. The topological polar surface area (TPSA) is 293 Å². The summed E-state index contributed by atoms with van der Waals surface area (Å²) in [6.07, 6.45) is -20.3. The SMILES string of the molecule is C[C@@H]1O[C@@H](O[C@H]2[C@H](O[C@@H]3C[C@@H](O)CC4=CC[C@H]5C6=C(CC[C@H]5[C@]43C)[C@@H]3[C@@H](O[C@@]4(OC[C@H](C)[C@@H](O)[C@H]4O)[C@H]3C)C6=O)OC[C@H](O)[C@@H]2O[C@@H]2OC[C@@H](O)[C@H](O)[C@H]2O)[C@H](O)[C@H](O)[C@H]1O. The smallest absolute Gasteiger partial charge is 0.201 e. The Morgan fingerprint density at radius 1 is 0.754 bits per heavy atom. The Hall–Kier alpha value is -1.57. The molecule has 344 valence electrons. The van der Waals surface area contributed by atoms with E-state index in [1.165, 1.54) is 6.92 Å². The van der Waals surface area contributed by atoms with Crippen LogP contribution in [-0.4, -0.2) is 193 Å². The predicted octanol–water partition coefficient (Wildman–Crippen LogP) is -2.74. The van der Waals surface area contributed by atoms with E-state index in [1.54, 1.807) is 6.92 Å². The van der Waals surface area contributed by atoms with Crippen molar-refractivity contribution in [1.29, 1.82) is 0 Å². The molecular weight excluding hydrogens is 808 g/mol. The minimum absolute atomic E-state index is 0.139. The first-order chi connectivity index (χ1) is 28.9. The van der Waals surface area contributed by atoms with Crippen LogP contribution in [0.25, 0.3) is 0 Å². The van der Waals surface area contributed by atoms with Gasteiger partial charge in [0.25, 0.3) is 0 Å². The van der Waals surface area contributed by atoms with Crippen LogP contribution in [0.3, 0.4) is 0 Å². The van der Waals surface area contributed by atoms with Gasteiger partial charge in [-0.15, -0.1) is 0 Å². The van der Waals surface area contributed by atoms with Crippen LogP contribution < -0.4 is 0 Å². The molecule has 5 saturated heterocycles. The number of carbonyl (C=O) groups excluding carboxylic acids is 1. The second kappa shape index (κ2) is 16.4. The molecule has 25 atom stereocenters. The van der Waals surface area contributed by atoms with E-state index in [2.05, 4.69) is 13.0 Å². The van der Waals surface area contributed by atoms with Gasteiger partial charge in [0.05, 0.1) is 44.2 Å². The molecule has 19 nitrogen and oxygen atoms in total. The third-order valence-electron chi connectivity index (χ3n) is 15.8. The number of fused-ring (bicyclic) bond motifs is 6. The number of ether oxygens (including phenoxy) is 8. The molecule has 19 heteroatoms. The van der Waals surface area contributed by atoms with Crippen LogP contribution in [0.5, 0.6) is 0 Å². The van der Waals surface area contributed by atoms with Crippen LogP contribution in [0.1, 0.15) is 59.8 Å². The van der Waals surface area contributed by atoms with E-state index >= 15 is 0 Å². The molecular formula is C42H62O19. The number of aliphatic hydroxyl groups excluding tert-OH is 10. The Balaban J connectivity index is 1.01. The van der Waals surface area contributed by atoms with Crippen molar-refractivity contribution in [2.75, 3.05) is 19.8 Å². The summed E-state index contributed by atoms with van der Waals surface area (Å²) >= 11 is 0. The monoisotopic (exact) mass is 870 g/mol. The standard InChI is InChI=1S/C42H62O19/c1-14-11-56-42(37(53)27(14)46)15(2)25-20-7-8-21-19(26(20)30(49)35(25)61-42)6-5-17-9-18(43)10-24(41(17,21)4)58-40-36(60-39-33(52)31(50)28(47)16(3)57-39)34(23(45)13-55-40)59-38-32(51)29(48)22(44)12-54-38/h5,14-16,18-19,21-25,27-29,31-40,43-48,50-53H,6-13H2,1-4H3/t14-,15-,16-,18-,19+,21+,22+,23-,24+,25+,27+,28-,29-,31+,32+,33+,34-,35+,36+,37+,38-,39-,40-,41-,42-/m0/s1. The van der Waals surface area contributed by atoms with Gasteiger partial charge in [0.2, 0.25) is 5.79 Å². The van der Waals surface area contributed by atoms with Gasteiger partial charge in [0.15, 0.2) is 24.7 Å². The molecule has 0 radical (unpaired) electrons. The van der Waals surface area contributed by atoms with Crippen molar-refractivity contribution < 1.29 is 93.8 Å². The van der Waals surface area contributed by atoms with Crippen molar-refractivity contribution in [3.63, 3.8) is 0 Å². The zero-order valence-corrected chi connectivity index (χ0v) is 34.7. The highest BCUT2D eigenvalue weighted by Crippen LogP contribution is 2.64. The molecule has 5 heterocycles. The lowest BCUT2D eigenvalue weighted by Gasteiger charge is -2.56. The third kappa shape index (κ3) is 6.97. The maximum atomic E-state index is 14.6. The van der Waals surface area contributed by atoms with E-state index in [-0.39, 0.29) is 49.1 Å². The van der Waals surface area contributed by atoms with Crippen LogP contribution in [-0.2, 0) is 42.7 Å². The minimum Gasteiger partial charge on any atom is -0.393 e. The van der Waals surface area contributed by atoms with E-state index < -0.39 is 134 Å². The molecule has 0 aromatic rings. The minimum atomic E-state index is -1.78. The molecule has 0 amide bonds. The second-order valence-electron chi connectivity index (χ2n) is 19.2. The second-order valence-corrected chi connectivity index (χ2v) is 19.2. The van der Waals surface area contributed by atoms with Gasteiger partial charge in [-0.1, -0.05) is 38.0 Å². The van der Waals surface area contributed by atoms with Crippen molar-refractivity contribution in [3.05, 3.63) is 22.8 Å². The van der Waals surface area contributed by atoms with Crippen molar-refractivity contribution in [2.24, 2.45) is 35.0 Å². The number of aliphatic hydroxyl groups is 10. The number of Topliss-reactive ketones (excluding diaryl/α,β-unsaturated/α-hetero) is 1. The Kier molecular flexibility index (Phi) is 12.0. The summed E-state index contributed by atoms with van der Waals surface area (Å²) in [4.78, 5) is 14.6. The summed E-state index contributed by atoms with van der Waals surface area (Å²) in [5.74, 6) is -3.15. The Morgan fingerprint density at radius 3 is 2.20 bits per heavy atom. The van der Waals surface area contributed by atoms with Crippen molar-refractivity contribution in [3.8, 4) is 0 Å². The van der Waals surface area contributed by atoms with Gasteiger partial charge in [-0.05, 0) is 44.4 Å². The number of carbonyl (C=O) groups is 1. The average Bonchev–Trinajstić information content (AvgIpc) is 3.69.